The zero-order chi connectivity index (χ0) is 16.2. The molecule has 7 heteroatoms. The fraction of sp³-hybridized carbons (Fsp3) is 0.500. The lowest BCUT2D eigenvalue weighted by Gasteiger charge is -2.26. The Bertz CT molecular complexity index is 601. The predicted octanol–water partition coefficient (Wildman–Crippen LogP) is 4.23. The largest absolute Gasteiger partial charge is 0.332 e. The number of hydrogen-bond acceptors (Lipinski definition) is 4. The van der Waals surface area contributed by atoms with Crippen LogP contribution < -0.4 is 5.32 Å². The summed E-state index contributed by atoms with van der Waals surface area (Å²) in [7, 11) is 0. The van der Waals surface area contributed by atoms with E-state index in [9.17, 15) is 0 Å². The molecule has 2 aliphatic rings. The molecule has 1 aromatic rings. The molecule has 0 radical (unpaired) electrons. The van der Waals surface area contributed by atoms with Crippen LogP contribution in [0.1, 0.15) is 26.2 Å². The van der Waals surface area contributed by atoms with Gasteiger partial charge in [-0.2, -0.15) is 5.10 Å². The first-order valence-corrected chi connectivity index (χ1v) is 9.63. The summed E-state index contributed by atoms with van der Waals surface area (Å²) >= 11 is 13.4. The number of hydrazone groups is 1. The molecule has 3 rings (SSSR count). The molecule has 1 unspecified atom stereocenters. The van der Waals surface area contributed by atoms with E-state index in [1.165, 1.54) is 19.3 Å². The van der Waals surface area contributed by atoms with E-state index in [0.29, 0.717) is 15.4 Å². The molecule has 0 bridgehead atoms. The molecule has 0 saturated carbocycles. The highest BCUT2D eigenvalue weighted by molar-refractivity contribution is 8.14. The number of thiocarbonyl (C=S) groups is 1. The Labute approximate surface area is 152 Å². The van der Waals surface area contributed by atoms with E-state index in [0.717, 1.165) is 30.5 Å². The van der Waals surface area contributed by atoms with Crippen molar-refractivity contribution in [3.05, 3.63) is 29.3 Å². The summed E-state index contributed by atoms with van der Waals surface area (Å²) < 4.78 is 0. The minimum absolute atomic E-state index is 0.484. The van der Waals surface area contributed by atoms with Crippen molar-refractivity contribution >= 4 is 51.5 Å². The highest BCUT2D eigenvalue weighted by Crippen LogP contribution is 2.27. The third kappa shape index (κ3) is 4.52. The smallest absolute Gasteiger partial charge is 0.189 e. The van der Waals surface area contributed by atoms with Crippen molar-refractivity contribution in [3.63, 3.8) is 0 Å². The zero-order valence-electron chi connectivity index (χ0n) is 13.2. The summed E-state index contributed by atoms with van der Waals surface area (Å²) in [5, 5.41) is 13.1. The van der Waals surface area contributed by atoms with Gasteiger partial charge in [0.2, 0.25) is 0 Å². The van der Waals surface area contributed by atoms with Crippen LogP contribution in [0.3, 0.4) is 0 Å². The SMILES string of the molecule is CC1CN(C(=S)Nc2cccc(Cl)c2)C(=NN2CCCCC2)S1. The standard InChI is InChI=1S/C16H21ClN4S2/c1-12-11-21(15(22)18-14-7-5-6-13(17)10-14)16(23-12)19-20-8-3-2-4-9-20/h5-7,10,12H,2-4,8-9,11H2,1H3,(H,18,22). The summed E-state index contributed by atoms with van der Waals surface area (Å²) in [4.78, 5) is 2.10. The number of amidine groups is 1. The maximum Gasteiger partial charge on any atom is 0.189 e. The molecule has 0 aliphatic carbocycles. The van der Waals surface area contributed by atoms with Crippen LogP contribution in [0.25, 0.3) is 0 Å². The number of benzene rings is 1. The van der Waals surface area contributed by atoms with Gasteiger partial charge in [-0.1, -0.05) is 36.4 Å². The van der Waals surface area contributed by atoms with Crippen LogP contribution in [-0.4, -0.2) is 45.1 Å². The summed E-state index contributed by atoms with van der Waals surface area (Å²) in [5.74, 6) is 0. The van der Waals surface area contributed by atoms with E-state index in [4.69, 9.17) is 28.9 Å². The van der Waals surface area contributed by atoms with Gasteiger partial charge in [-0.05, 0) is 49.7 Å². The lowest BCUT2D eigenvalue weighted by molar-refractivity contribution is 0.238. The van der Waals surface area contributed by atoms with Crippen molar-refractivity contribution in [3.8, 4) is 0 Å². The maximum atomic E-state index is 6.04. The van der Waals surface area contributed by atoms with Crippen molar-refractivity contribution < 1.29 is 0 Å². The lowest BCUT2D eigenvalue weighted by Crippen LogP contribution is -2.37. The molecule has 2 fully saturated rings. The van der Waals surface area contributed by atoms with Gasteiger partial charge in [0.1, 0.15) is 0 Å². The van der Waals surface area contributed by atoms with Crippen LogP contribution in [0, 0.1) is 0 Å². The Morgan fingerprint density at radius 2 is 2.13 bits per heavy atom. The summed E-state index contributed by atoms with van der Waals surface area (Å²) in [6.07, 6.45) is 3.76. The second-order valence-corrected chi connectivity index (χ2v) is 8.11. The Hall–Kier alpha value is -0.980. The van der Waals surface area contributed by atoms with Crippen LogP contribution >= 0.6 is 35.6 Å². The average molecular weight is 369 g/mol. The van der Waals surface area contributed by atoms with Gasteiger partial charge in [0.15, 0.2) is 10.3 Å². The van der Waals surface area contributed by atoms with Gasteiger partial charge >= 0.3 is 0 Å². The second kappa shape index (κ2) is 7.73. The molecule has 124 valence electrons. The molecular weight excluding hydrogens is 348 g/mol. The van der Waals surface area contributed by atoms with E-state index in [-0.39, 0.29) is 0 Å². The predicted molar refractivity (Wildman–Crippen MR) is 104 cm³/mol. The minimum atomic E-state index is 0.484. The van der Waals surface area contributed by atoms with Crippen LogP contribution in [0.4, 0.5) is 5.69 Å². The molecule has 1 aromatic carbocycles. The highest BCUT2D eigenvalue weighted by Gasteiger charge is 2.29. The van der Waals surface area contributed by atoms with Gasteiger partial charge in [0.05, 0.1) is 0 Å². The molecule has 1 atom stereocenters. The second-order valence-electron chi connectivity index (χ2n) is 5.88. The molecule has 2 saturated heterocycles. The minimum Gasteiger partial charge on any atom is -0.332 e. The summed E-state index contributed by atoms with van der Waals surface area (Å²) in [6, 6.07) is 7.61. The molecule has 4 nitrogen and oxygen atoms in total. The fourth-order valence-corrected chi connectivity index (χ4v) is 4.28. The van der Waals surface area contributed by atoms with Crippen molar-refractivity contribution in [1.29, 1.82) is 0 Å². The molecule has 0 aromatic heterocycles. The van der Waals surface area contributed by atoms with Gasteiger partial charge < -0.3 is 5.32 Å². The number of rotatable bonds is 2. The van der Waals surface area contributed by atoms with Crippen molar-refractivity contribution in [2.45, 2.75) is 31.4 Å². The molecule has 0 amide bonds. The van der Waals surface area contributed by atoms with Crippen molar-refractivity contribution in [1.82, 2.24) is 9.91 Å². The first kappa shape index (κ1) is 16.9. The number of nitrogens with one attached hydrogen (secondary N) is 1. The number of piperidine rings is 1. The Morgan fingerprint density at radius 3 is 2.87 bits per heavy atom. The molecular formula is C16H21ClN4S2. The highest BCUT2D eigenvalue weighted by atomic mass is 35.5. The normalized spacial score (nSPS) is 23.4. The fourth-order valence-electron chi connectivity index (χ4n) is 2.72. The quantitative estimate of drug-likeness (QED) is 0.789. The summed E-state index contributed by atoms with van der Waals surface area (Å²) in [6.45, 7) is 5.17. The lowest BCUT2D eigenvalue weighted by atomic mass is 10.2. The average Bonchev–Trinajstić information content (AvgIpc) is 2.89. The van der Waals surface area contributed by atoms with Gasteiger partial charge in [-0.25, -0.2) is 0 Å². The van der Waals surface area contributed by atoms with Crippen LogP contribution in [0.2, 0.25) is 5.02 Å². The van der Waals surface area contributed by atoms with Crippen LogP contribution in [0.15, 0.2) is 29.4 Å². The van der Waals surface area contributed by atoms with Crippen molar-refractivity contribution in [2.75, 3.05) is 25.0 Å². The van der Waals surface area contributed by atoms with E-state index in [1.807, 2.05) is 24.3 Å². The molecule has 23 heavy (non-hydrogen) atoms. The van der Waals surface area contributed by atoms with E-state index >= 15 is 0 Å². The zero-order valence-corrected chi connectivity index (χ0v) is 15.6. The van der Waals surface area contributed by atoms with E-state index in [2.05, 4.69) is 22.1 Å². The maximum absolute atomic E-state index is 6.04. The number of thioether (sulfide) groups is 1. The van der Waals surface area contributed by atoms with E-state index < -0.39 is 0 Å². The number of halogens is 1. The first-order chi connectivity index (χ1) is 11.1. The Kier molecular flexibility index (Phi) is 5.67. The van der Waals surface area contributed by atoms with Gasteiger partial charge in [-0.15, -0.1) is 0 Å². The van der Waals surface area contributed by atoms with Crippen LogP contribution in [-0.2, 0) is 0 Å². The monoisotopic (exact) mass is 368 g/mol. The Balaban J connectivity index is 1.70. The molecule has 0 spiro atoms. The third-order valence-electron chi connectivity index (χ3n) is 3.86. The summed E-state index contributed by atoms with van der Waals surface area (Å²) in [5.41, 5.74) is 0.907. The number of anilines is 1. The first-order valence-electron chi connectivity index (χ1n) is 7.96. The Morgan fingerprint density at radius 1 is 1.35 bits per heavy atom. The molecule has 2 aliphatic heterocycles. The van der Waals surface area contributed by atoms with E-state index in [1.54, 1.807) is 11.8 Å². The van der Waals surface area contributed by atoms with Gasteiger partial charge in [0.25, 0.3) is 0 Å². The molecule has 2 heterocycles. The molecule has 1 N–H and O–H groups in total. The topological polar surface area (TPSA) is 30.9 Å². The number of nitrogens with zero attached hydrogens (tertiary/aromatic N) is 3. The van der Waals surface area contributed by atoms with Gasteiger partial charge in [0, 0.05) is 35.6 Å². The third-order valence-corrected chi connectivity index (χ3v) is 5.48. The van der Waals surface area contributed by atoms with Crippen molar-refractivity contribution in [2.24, 2.45) is 5.10 Å². The van der Waals surface area contributed by atoms with Gasteiger partial charge in [-0.3, -0.25) is 9.91 Å². The number of hydrogen-bond donors (Lipinski definition) is 1. The van der Waals surface area contributed by atoms with Crippen LogP contribution in [0.5, 0.6) is 0 Å².